The summed E-state index contributed by atoms with van der Waals surface area (Å²) < 4.78 is 0. The molecule has 0 aliphatic rings. The first-order valence-corrected chi connectivity index (χ1v) is 4.32. The van der Waals surface area contributed by atoms with E-state index in [1.165, 1.54) is 0 Å². The molecule has 0 saturated carbocycles. The Morgan fingerprint density at radius 1 is 1.38 bits per heavy atom. The van der Waals surface area contributed by atoms with Crippen LogP contribution in [0.5, 0.6) is 0 Å². The monoisotopic (exact) mass is 174 g/mol. The number of rotatable bonds is 0. The Morgan fingerprint density at radius 3 is 2.38 bits per heavy atom. The highest BCUT2D eigenvalue weighted by atomic mass is 14.7. The Balaban J connectivity index is 3.23. The zero-order valence-corrected chi connectivity index (χ0v) is 8.55. The first-order chi connectivity index (χ1) is 5.95. The molecule has 0 radical (unpaired) electrons. The highest BCUT2D eigenvalue weighted by molar-refractivity contribution is 5.34. The fraction of sp³-hybridized carbons (Fsp3) is 0.455. The standard InChI is InChI=1S/C11H14N2/c1-8-5-9(6-12)7-13-10(8)11(2,3)4/h5,7H,1-4H3. The van der Waals surface area contributed by atoms with Crippen LogP contribution in [0.15, 0.2) is 12.3 Å². The number of pyridine rings is 1. The van der Waals surface area contributed by atoms with Crippen molar-refractivity contribution in [2.75, 3.05) is 0 Å². The molecule has 1 aromatic heterocycles. The smallest absolute Gasteiger partial charge is 0.101 e. The minimum absolute atomic E-state index is 0.0536. The number of nitriles is 1. The number of nitrogens with zero attached hydrogens (tertiary/aromatic N) is 2. The lowest BCUT2D eigenvalue weighted by atomic mass is 9.88. The van der Waals surface area contributed by atoms with E-state index < -0.39 is 0 Å². The van der Waals surface area contributed by atoms with Gasteiger partial charge in [-0.05, 0) is 18.6 Å². The van der Waals surface area contributed by atoms with Gasteiger partial charge in [0.1, 0.15) is 6.07 Å². The summed E-state index contributed by atoms with van der Waals surface area (Å²) in [6.07, 6.45) is 1.63. The molecule has 0 aromatic carbocycles. The van der Waals surface area contributed by atoms with E-state index in [0.717, 1.165) is 11.3 Å². The molecule has 0 fully saturated rings. The van der Waals surface area contributed by atoms with Gasteiger partial charge in [0.25, 0.3) is 0 Å². The zero-order valence-electron chi connectivity index (χ0n) is 8.55. The van der Waals surface area contributed by atoms with Gasteiger partial charge in [-0.15, -0.1) is 0 Å². The van der Waals surface area contributed by atoms with Gasteiger partial charge in [-0.25, -0.2) is 0 Å². The molecular weight excluding hydrogens is 160 g/mol. The average Bonchev–Trinajstić information content (AvgIpc) is 2.01. The van der Waals surface area contributed by atoms with E-state index >= 15 is 0 Å². The lowest BCUT2D eigenvalue weighted by molar-refractivity contribution is 0.564. The third-order valence-electron chi connectivity index (χ3n) is 1.92. The molecule has 0 atom stereocenters. The van der Waals surface area contributed by atoms with Crippen LogP contribution >= 0.6 is 0 Å². The fourth-order valence-electron chi connectivity index (χ4n) is 1.42. The topological polar surface area (TPSA) is 36.7 Å². The van der Waals surface area contributed by atoms with Gasteiger partial charge < -0.3 is 0 Å². The maximum absolute atomic E-state index is 8.67. The van der Waals surface area contributed by atoms with Gasteiger partial charge in [-0.2, -0.15) is 5.26 Å². The van der Waals surface area contributed by atoms with Crippen LogP contribution in [0.1, 0.15) is 37.6 Å². The molecule has 1 rings (SSSR count). The summed E-state index contributed by atoms with van der Waals surface area (Å²) in [5, 5.41) is 8.67. The van der Waals surface area contributed by atoms with Gasteiger partial charge in [0.05, 0.1) is 5.56 Å². The summed E-state index contributed by atoms with van der Waals surface area (Å²) in [5.74, 6) is 0. The molecule has 2 nitrogen and oxygen atoms in total. The summed E-state index contributed by atoms with van der Waals surface area (Å²) in [5.41, 5.74) is 2.83. The Hall–Kier alpha value is -1.36. The Bertz CT molecular complexity index is 353. The number of hydrogen-bond donors (Lipinski definition) is 0. The summed E-state index contributed by atoms with van der Waals surface area (Å²) in [6.45, 7) is 8.35. The second kappa shape index (κ2) is 3.18. The van der Waals surface area contributed by atoms with Crippen molar-refractivity contribution < 1.29 is 0 Å². The van der Waals surface area contributed by atoms with Crippen LogP contribution in [-0.4, -0.2) is 4.98 Å². The molecule has 0 saturated heterocycles. The predicted molar refractivity (Wildman–Crippen MR) is 52.4 cm³/mol. The maximum Gasteiger partial charge on any atom is 0.101 e. The van der Waals surface area contributed by atoms with Crippen LogP contribution in [-0.2, 0) is 5.41 Å². The van der Waals surface area contributed by atoms with Crippen LogP contribution in [0.3, 0.4) is 0 Å². The van der Waals surface area contributed by atoms with Gasteiger partial charge >= 0.3 is 0 Å². The minimum Gasteiger partial charge on any atom is -0.259 e. The second-order valence-corrected chi connectivity index (χ2v) is 4.25. The van der Waals surface area contributed by atoms with Crippen molar-refractivity contribution in [3.63, 3.8) is 0 Å². The molecule has 68 valence electrons. The van der Waals surface area contributed by atoms with Crippen molar-refractivity contribution >= 4 is 0 Å². The first-order valence-electron chi connectivity index (χ1n) is 4.32. The molecule has 0 aliphatic carbocycles. The minimum atomic E-state index is 0.0536. The van der Waals surface area contributed by atoms with Gasteiger partial charge in [-0.3, -0.25) is 4.98 Å². The SMILES string of the molecule is Cc1cc(C#N)cnc1C(C)(C)C. The molecule has 13 heavy (non-hydrogen) atoms. The second-order valence-electron chi connectivity index (χ2n) is 4.25. The predicted octanol–water partition coefficient (Wildman–Crippen LogP) is 2.56. The van der Waals surface area contributed by atoms with E-state index in [2.05, 4.69) is 31.8 Å². The average molecular weight is 174 g/mol. The molecule has 0 amide bonds. The van der Waals surface area contributed by atoms with E-state index in [1.807, 2.05) is 13.0 Å². The van der Waals surface area contributed by atoms with Crippen molar-refractivity contribution in [1.82, 2.24) is 4.98 Å². The van der Waals surface area contributed by atoms with Crippen molar-refractivity contribution in [1.29, 1.82) is 5.26 Å². The number of aryl methyl sites for hydroxylation is 1. The molecule has 1 aromatic rings. The highest BCUT2D eigenvalue weighted by Gasteiger charge is 2.17. The molecule has 0 N–H and O–H groups in total. The van der Waals surface area contributed by atoms with E-state index in [9.17, 15) is 0 Å². The van der Waals surface area contributed by atoms with Crippen LogP contribution in [0.25, 0.3) is 0 Å². The van der Waals surface area contributed by atoms with Gasteiger partial charge in [-0.1, -0.05) is 20.8 Å². The fourth-order valence-corrected chi connectivity index (χ4v) is 1.42. The van der Waals surface area contributed by atoms with Gasteiger partial charge in [0.15, 0.2) is 0 Å². The maximum atomic E-state index is 8.67. The Kier molecular flexibility index (Phi) is 2.38. The van der Waals surface area contributed by atoms with Gasteiger partial charge in [0, 0.05) is 17.3 Å². The summed E-state index contributed by atoms with van der Waals surface area (Å²) in [4.78, 5) is 4.30. The molecule has 0 spiro atoms. The largest absolute Gasteiger partial charge is 0.259 e. The van der Waals surface area contributed by atoms with E-state index in [0.29, 0.717) is 5.56 Å². The van der Waals surface area contributed by atoms with Crippen molar-refractivity contribution in [2.24, 2.45) is 0 Å². The molecule has 0 aliphatic heterocycles. The van der Waals surface area contributed by atoms with Crippen LogP contribution in [0.4, 0.5) is 0 Å². The zero-order chi connectivity index (χ0) is 10.1. The van der Waals surface area contributed by atoms with E-state index in [4.69, 9.17) is 5.26 Å². The van der Waals surface area contributed by atoms with Crippen molar-refractivity contribution in [3.8, 4) is 6.07 Å². The Labute approximate surface area is 79.2 Å². The van der Waals surface area contributed by atoms with Crippen molar-refractivity contribution in [2.45, 2.75) is 33.1 Å². The van der Waals surface area contributed by atoms with Crippen LogP contribution in [0.2, 0.25) is 0 Å². The molecule has 1 heterocycles. The number of hydrogen-bond acceptors (Lipinski definition) is 2. The molecule has 0 unspecified atom stereocenters. The van der Waals surface area contributed by atoms with Crippen molar-refractivity contribution in [3.05, 3.63) is 29.1 Å². The summed E-state index contributed by atoms with van der Waals surface area (Å²) in [7, 11) is 0. The van der Waals surface area contributed by atoms with Crippen LogP contribution in [0, 0.1) is 18.3 Å². The summed E-state index contributed by atoms with van der Waals surface area (Å²) in [6, 6.07) is 3.97. The first kappa shape index (κ1) is 9.73. The molecule has 2 heteroatoms. The number of aromatic nitrogens is 1. The van der Waals surface area contributed by atoms with Gasteiger partial charge in [0.2, 0.25) is 0 Å². The third-order valence-corrected chi connectivity index (χ3v) is 1.92. The third kappa shape index (κ3) is 2.06. The summed E-state index contributed by atoms with van der Waals surface area (Å²) >= 11 is 0. The Morgan fingerprint density at radius 2 is 2.00 bits per heavy atom. The molecular formula is C11H14N2. The van der Waals surface area contributed by atoms with E-state index in [1.54, 1.807) is 6.20 Å². The molecule has 0 bridgehead atoms. The lowest BCUT2D eigenvalue weighted by Gasteiger charge is -2.19. The highest BCUT2D eigenvalue weighted by Crippen LogP contribution is 2.23. The quantitative estimate of drug-likeness (QED) is 0.606. The van der Waals surface area contributed by atoms with E-state index in [-0.39, 0.29) is 5.41 Å². The normalized spacial score (nSPS) is 11.0. The lowest BCUT2D eigenvalue weighted by Crippen LogP contribution is -2.15. The van der Waals surface area contributed by atoms with Crippen LogP contribution < -0.4 is 0 Å².